The van der Waals surface area contributed by atoms with Gasteiger partial charge in [-0.25, -0.2) is 5.43 Å². The third-order valence-corrected chi connectivity index (χ3v) is 4.81. The van der Waals surface area contributed by atoms with Gasteiger partial charge in [0, 0.05) is 10.7 Å². The lowest BCUT2D eigenvalue weighted by molar-refractivity contribution is -0.123. The second kappa shape index (κ2) is 12.5. The fourth-order valence-electron chi connectivity index (χ4n) is 2.62. The highest BCUT2D eigenvalue weighted by atomic mass is 35.5. The van der Waals surface area contributed by atoms with Crippen LogP contribution in [0.4, 0.5) is 5.69 Å². The Hall–Kier alpha value is -3.75. The lowest BCUT2D eigenvalue weighted by Gasteiger charge is -2.08. The monoisotopic (exact) mass is 501 g/mol. The average Bonchev–Trinajstić information content (AvgIpc) is 2.83. The zero-order valence-electron chi connectivity index (χ0n) is 18.1. The van der Waals surface area contributed by atoms with Crippen LogP contribution in [0.25, 0.3) is 0 Å². The first kappa shape index (κ1) is 24.9. The summed E-state index contributed by atoms with van der Waals surface area (Å²) >= 11 is 11.8. The normalized spacial score (nSPS) is 10.6. The molecule has 2 amide bonds. The van der Waals surface area contributed by atoms with Gasteiger partial charge in [-0.05, 0) is 72.3 Å². The number of anilines is 1. The molecule has 34 heavy (non-hydrogen) atoms. The number of amides is 2. The van der Waals surface area contributed by atoms with Crippen LogP contribution in [0, 0.1) is 0 Å². The number of halogens is 2. The van der Waals surface area contributed by atoms with Gasteiger partial charge in [0.25, 0.3) is 11.8 Å². The van der Waals surface area contributed by atoms with E-state index in [2.05, 4.69) is 15.8 Å². The van der Waals surface area contributed by atoms with Crippen molar-refractivity contribution in [1.29, 1.82) is 0 Å². The van der Waals surface area contributed by atoms with Gasteiger partial charge in [0.05, 0.1) is 18.3 Å². The first-order valence-corrected chi connectivity index (χ1v) is 10.7. The summed E-state index contributed by atoms with van der Waals surface area (Å²) in [5.74, 6) is 0.817. The minimum absolute atomic E-state index is 0.146. The van der Waals surface area contributed by atoms with Gasteiger partial charge < -0.3 is 19.5 Å². The maximum atomic E-state index is 12.0. The van der Waals surface area contributed by atoms with Gasteiger partial charge in [0.1, 0.15) is 17.2 Å². The van der Waals surface area contributed by atoms with E-state index < -0.39 is 5.91 Å². The van der Waals surface area contributed by atoms with Crippen molar-refractivity contribution < 1.29 is 23.8 Å². The van der Waals surface area contributed by atoms with Gasteiger partial charge in [0.15, 0.2) is 13.2 Å². The van der Waals surface area contributed by atoms with Crippen LogP contribution in [-0.2, 0) is 9.59 Å². The fourth-order valence-corrected chi connectivity index (χ4v) is 3.08. The Morgan fingerprint density at radius 2 is 1.56 bits per heavy atom. The van der Waals surface area contributed by atoms with E-state index in [9.17, 15) is 9.59 Å². The van der Waals surface area contributed by atoms with Gasteiger partial charge in [-0.3, -0.25) is 9.59 Å². The van der Waals surface area contributed by atoms with Crippen molar-refractivity contribution >= 4 is 46.9 Å². The molecule has 3 aromatic carbocycles. The van der Waals surface area contributed by atoms with Crippen LogP contribution in [0.3, 0.4) is 0 Å². The number of benzene rings is 3. The van der Waals surface area contributed by atoms with Crippen molar-refractivity contribution in [1.82, 2.24) is 5.43 Å². The summed E-state index contributed by atoms with van der Waals surface area (Å²) in [7, 11) is 1.57. The molecule has 0 saturated carbocycles. The van der Waals surface area contributed by atoms with E-state index in [1.807, 2.05) is 0 Å². The molecular formula is C24H21Cl2N3O5. The molecule has 0 aliphatic heterocycles. The van der Waals surface area contributed by atoms with E-state index in [4.69, 9.17) is 37.4 Å². The van der Waals surface area contributed by atoms with E-state index in [0.29, 0.717) is 33.0 Å². The number of methoxy groups -OCH3 is 1. The Balaban J connectivity index is 1.39. The van der Waals surface area contributed by atoms with Crippen LogP contribution in [0.2, 0.25) is 10.0 Å². The molecule has 0 heterocycles. The average molecular weight is 502 g/mol. The van der Waals surface area contributed by atoms with E-state index in [1.165, 1.54) is 12.3 Å². The molecule has 0 bridgehead atoms. The third-order valence-electron chi connectivity index (χ3n) is 4.28. The third kappa shape index (κ3) is 7.99. The van der Waals surface area contributed by atoms with Crippen molar-refractivity contribution in [2.75, 3.05) is 25.6 Å². The van der Waals surface area contributed by atoms with E-state index >= 15 is 0 Å². The number of carbonyl (C=O) groups is 2. The minimum Gasteiger partial charge on any atom is -0.497 e. The van der Waals surface area contributed by atoms with Crippen LogP contribution >= 0.6 is 23.2 Å². The summed E-state index contributed by atoms with van der Waals surface area (Å²) in [5, 5.41) is 7.40. The van der Waals surface area contributed by atoms with Crippen molar-refractivity contribution in [3.63, 3.8) is 0 Å². The smallest absolute Gasteiger partial charge is 0.277 e. The predicted molar refractivity (Wildman–Crippen MR) is 131 cm³/mol. The topological polar surface area (TPSA) is 98.3 Å². The second-order valence-corrected chi connectivity index (χ2v) is 7.63. The molecule has 3 rings (SSSR count). The Morgan fingerprint density at radius 3 is 2.24 bits per heavy atom. The lowest BCUT2D eigenvalue weighted by atomic mass is 10.2. The molecule has 10 heteroatoms. The highest BCUT2D eigenvalue weighted by molar-refractivity contribution is 6.35. The van der Waals surface area contributed by atoms with Gasteiger partial charge in [-0.1, -0.05) is 23.2 Å². The number of nitrogens with zero attached hydrogens (tertiary/aromatic N) is 1. The maximum absolute atomic E-state index is 12.0. The van der Waals surface area contributed by atoms with Crippen LogP contribution < -0.4 is 25.0 Å². The molecule has 0 aliphatic carbocycles. The summed E-state index contributed by atoms with van der Waals surface area (Å²) in [5.41, 5.74) is 3.72. The molecule has 0 fully saturated rings. The van der Waals surface area contributed by atoms with Gasteiger partial charge in [-0.15, -0.1) is 0 Å². The minimum atomic E-state index is -0.454. The highest BCUT2D eigenvalue weighted by Crippen LogP contribution is 2.27. The Morgan fingerprint density at radius 1 is 0.882 bits per heavy atom. The van der Waals surface area contributed by atoms with Gasteiger partial charge in [0.2, 0.25) is 0 Å². The van der Waals surface area contributed by atoms with Crippen molar-refractivity contribution in [3.8, 4) is 17.2 Å². The lowest BCUT2D eigenvalue weighted by Crippen LogP contribution is -2.24. The number of ether oxygens (including phenoxy) is 3. The molecular weight excluding hydrogens is 481 g/mol. The Kier molecular flexibility index (Phi) is 9.13. The summed E-state index contributed by atoms with van der Waals surface area (Å²) < 4.78 is 15.9. The molecule has 0 aromatic heterocycles. The van der Waals surface area contributed by atoms with Crippen molar-refractivity contribution in [2.45, 2.75) is 0 Å². The molecule has 0 atom stereocenters. The molecule has 0 aliphatic rings. The molecule has 2 N–H and O–H groups in total. The number of hydrogen-bond acceptors (Lipinski definition) is 6. The molecule has 0 unspecified atom stereocenters. The molecule has 0 spiro atoms. The van der Waals surface area contributed by atoms with Crippen LogP contribution in [-0.4, -0.2) is 38.4 Å². The van der Waals surface area contributed by atoms with Crippen LogP contribution in [0.5, 0.6) is 17.2 Å². The van der Waals surface area contributed by atoms with Gasteiger partial charge in [-0.2, -0.15) is 5.10 Å². The maximum Gasteiger partial charge on any atom is 0.277 e. The summed E-state index contributed by atoms with van der Waals surface area (Å²) in [6, 6.07) is 18.5. The summed E-state index contributed by atoms with van der Waals surface area (Å²) in [4.78, 5) is 23.9. The first-order chi connectivity index (χ1) is 16.4. The molecule has 3 aromatic rings. The number of nitrogens with one attached hydrogen (secondary N) is 2. The highest BCUT2D eigenvalue weighted by Gasteiger charge is 2.06. The van der Waals surface area contributed by atoms with Crippen molar-refractivity contribution in [3.05, 3.63) is 82.3 Å². The first-order valence-electron chi connectivity index (χ1n) is 9.99. The quantitative estimate of drug-likeness (QED) is 0.313. The number of hydrazone groups is 1. The molecule has 0 radical (unpaired) electrons. The summed E-state index contributed by atoms with van der Waals surface area (Å²) in [6.07, 6.45) is 1.47. The van der Waals surface area contributed by atoms with Crippen LogP contribution in [0.15, 0.2) is 71.8 Å². The zero-order valence-corrected chi connectivity index (χ0v) is 19.6. The second-order valence-electron chi connectivity index (χ2n) is 6.79. The summed E-state index contributed by atoms with van der Waals surface area (Å²) in [6.45, 7) is -0.406. The largest absolute Gasteiger partial charge is 0.497 e. The molecule has 0 saturated heterocycles. The standard InChI is InChI=1S/C24H21Cl2N3O5/c1-32-19-9-5-18(6-10-19)28-23(30)14-33-20-7-2-16(3-8-20)13-27-29-24(31)15-34-22-11-4-17(25)12-21(22)26/h2-13H,14-15H2,1H3,(H,28,30)(H,29,31)/b27-13-. The van der Waals surface area contributed by atoms with Gasteiger partial charge >= 0.3 is 0 Å². The fraction of sp³-hybridized carbons (Fsp3) is 0.125. The SMILES string of the molecule is COc1ccc(NC(=O)COc2ccc(/C=N\NC(=O)COc3ccc(Cl)cc3Cl)cc2)cc1. The Labute approximate surface area is 206 Å². The Bertz CT molecular complexity index is 1150. The molecule has 8 nitrogen and oxygen atoms in total. The molecule has 176 valence electrons. The van der Waals surface area contributed by atoms with E-state index in [-0.39, 0.29) is 19.1 Å². The number of carbonyl (C=O) groups excluding carboxylic acids is 2. The van der Waals surface area contributed by atoms with E-state index in [1.54, 1.807) is 67.8 Å². The zero-order chi connectivity index (χ0) is 24.3. The number of hydrogen-bond donors (Lipinski definition) is 2. The van der Waals surface area contributed by atoms with Crippen LogP contribution in [0.1, 0.15) is 5.56 Å². The number of rotatable bonds is 10. The van der Waals surface area contributed by atoms with E-state index in [0.717, 1.165) is 5.56 Å². The van der Waals surface area contributed by atoms with Crippen molar-refractivity contribution in [2.24, 2.45) is 5.10 Å². The predicted octanol–water partition coefficient (Wildman–Crippen LogP) is 4.55.